The molecule has 0 fully saturated rings. The summed E-state index contributed by atoms with van der Waals surface area (Å²) in [5, 5.41) is 18.3. The topological polar surface area (TPSA) is 49.7 Å². The Bertz CT molecular complexity index is 311. The fourth-order valence-electron chi connectivity index (χ4n) is 1.61. The van der Waals surface area contributed by atoms with Crippen molar-refractivity contribution in [2.75, 3.05) is 13.2 Å². The predicted octanol–water partition coefficient (Wildman–Crippen LogP) is 2.15. The van der Waals surface area contributed by atoms with Gasteiger partial charge < -0.3 is 14.9 Å². The van der Waals surface area contributed by atoms with Gasteiger partial charge in [0, 0.05) is 13.0 Å². The molecule has 0 aliphatic rings. The van der Waals surface area contributed by atoms with Gasteiger partial charge in [0.05, 0.1) is 12.2 Å². The van der Waals surface area contributed by atoms with Crippen LogP contribution in [0.4, 0.5) is 0 Å². The Labute approximate surface area is 103 Å². The molecule has 3 heteroatoms. The third-order valence-electron chi connectivity index (χ3n) is 2.38. The molecule has 0 saturated heterocycles. The second kappa shape index (κ2) is 6.62. The number of unbranched alkanes of at least 4 members (excludes halogenated alkanes) is 1. The molecule has 1 aromatic carbocycles. The summed E-state index contributed by atoms with van der Waals surface area (Å²) in [6, 6.07) is 7.78. The van der Waals surface area contributed by atoms with E-state index in [0.717, 1.165) is 24.2 Å². The fraction of sp³-hybridized carbons (Fsp3) is 0.571. The number of hydrogen-bond acceptors (Lipinski definition) is 3. The lowest BCUT2D eigenvalue weighted by molar-refractivity contribution is 0.0810. The van der Waals surface area contributed by atoms with Crippen LogP contribution in [0.3, 0.4) is 0 Å². The van der Waals surface area contributed by atoms with Gasteiger partial charge in [-0.2, -0.15) is 0 Å². The van der Waals surface area contributed by atoms with Crippen molar-refractivity contribution >= 4 is 0 Å². The number of benzene rings is 1. The van der Waals surface area contributed by atoms with Crippen molar-refractivity contribution in [2.24, 2.45) is 0 Å². The van der Waals surface area contributed by atoms with Crippen molar-refractivity contribution in [1.29, 1.82) is 0 Å². The predicted molar refractivity (Wildman–Crippen MR) is 68.3 cm³/mol. The van der Waals surface area contributed by atoms with Crippen molar-refractivity contribution in [1.82, 2.24) is 0 Å². The van der Waals surface area contributed by atoms with Crippen LogP contribution >= 0.6 is 0 Å². The zero-order valence-corrected chi connectivity index (χ0v) is 10.6. The van der Waals surface area contributed by atoms with Crippen LogP contribution in [0, 0.1) is 0 Å². The van der Waals surface area contributed by atoms with Crippen LogP contribution in [-0.4, -0.2) is 29.0 Å². The summed E-state index contributed by atoms with van der Waals surface area (Å²) in [7, 11) is 0. The number of ether oxygens (including phenoxy) is 1. The Morgan fingerprint density at radius 2 is 1.76 bits per heavy atom. The highest BCUT2D eigenvalue weighted by atomic mass is 16.5. The normalized spacial score (nSPS) is 11.5. The van der Waals surface area contributed by atoms with Crippen LogP contribution in [0.5, 0.6) is 5.75 Å². The highest BCUT2D eigenvalue weighted by molar-refractivity contribution is 5.28. The van der Waals surface area contributed by atoms with Crippen LogP contribution in [0.1, 0.15) is 32.3 Å². The molecule has 0 amide bonds. The Morgan fingerprint density at radius 3 is 2.29 bits per heavy atom. The molecule has 96 valence electrons. The van der Waals surface area contributed by atoms with E-state index in [4.69, 9.17) is 9.84 Å². The molecule has 0 radical (unpaired) electrons. The SMILES string of the molecule is CC(C)(O)Cc1ccc(OCCCCO)cc1. The quantitative estimate of drug-likeness (QED) is 0.716. The first-order valence-corrected chi connectivity index (χ1v) is 6.06. The Morgan fingerprint density at radius 1 is 1.12 bits per heavy atom. The molecule has 3 nitrogen and oxygen atoms in total. The molecule has 0 unspecified atom stereocenters. The van der Waals surface area contributed by atoms with E-state index in [1.807, 2.05) is 24.3 Å². The highest BCUT2D eigenvalue weighted by Crippen LogP contribution is 2.17. The van der Waals surface area contributed by atoms with Gasteiger partial charge in [0.15, 0.2) is 0 Å². The lowest BCUT2D eigenvalue weighted by Gasteiger charge is -2.17. The monoisotopic (exact) mass is 238 g/mol. The van der Waals surface area contributed by atoms with E-state index >= 15 is 0 Å². The Hall–Kier alpha value is -1.06. The molecule has 1 aromatic rings. The Kier molecular flexibility index (Phi) is 5.45. The van der Waals surface area contributed by atoms with Crippen molar-refractivity contribution in [3.8, 4) is 5.75 Å². The average Bonchev–Trinajstić information content (AvgIpc) is 2.25. The third-order valence-corrected chi connectivity index (χ3v) is 2.38. The van der Waals surface area contributed by atoms with E-state index in [-0.39, 0.29) is 6.61 Å². The molecule has 0 spiro atoms. The number of rotatable bonds is 7. The van der Waals surface area contributed by atoms with Gasteiger partial charge >= 0.3 is 0 Å². The molecule has 0 aliphatic carbocycles. The third kappa shape index (κ3) is 6.29. The van der Waals surface area contributed by atoms with Gasteiger partial charge in [-0.1, -0.05) is 12.1 Å². The average molecular weight is 238 g/mol. The first kappa shape index (κ1) is 14.0. The van der Waals surface area contributed by atoms with E-state index in [1.54, 1.807) is 13.8 Å². The maximum atomic E-state index is 9.69. The summed E-state index contributed by atoms with van der Waals surface area (Å²) in [5.41, 5.74) is 0.420. The molecule has 0 saturated carbocycles. The first-order chi connectivity index (χ1) is 8.01. The molecule has 0 aromatic heterocycles. The van der Waals surface area contributed by atoms with Gasteiger partial charge in [0.1, 0.15) is 5.75 Å². The van der Waals surface area contributed by atoms with E-state index in [1.165, 1.54) is 0 Å². The van der Waals surface area contributed by atoms with Crippen LogP contribution in [0.15, 0.2) is 24.3 Å². The van der Waals surface area contributed by atoms with Gasteiger partial charge in [-0.3, -0.25) is 0 Å². The van der Waals surface area contributed by atoms with Crippen molar-refractivity contribution in [3.63, 3.8) is 0 Å². The summed E-state index contributed by atoms with van der Waals surface area (Å²) in [6.07, 6.45) is 2.27. The first-order valence-electron chi connectivity index (χ1n) is 6.06. The van der Waals surface area contributed by atoms with Crippen molar-refractivity contribution in [2.45, 2.75) is 38.7 Å². The summed E-state index contributed by atoms with van der Waals surface area (Å²) in [4.78, 5) is 0. The summed E-state index contributed by atoms with van der Waals surface area (Å²) >= 11 is 0. The van der Waals surface area contributed by atoms with Crippen LogP contribution < -0.4 is 4.74 Å². The lowest BCUT2D eigenvalue weighted by atomic mass is 9.99. The summed E-state index contributed by atoms with van der Waals surface area (Å²) in [6.45, 7) is 4.44. The van der Waals surface area contributed by atoms with E-state index < -0.39 is 5.60 Å². The number of aliphatic hydroxyl groups excluding tert-OH is 1. The molecule has 0 atom stereocenters. The zero-order valence-electron chi connectivity index (χ0n) is 10.6. The maximum absolute atomic E-state index is 9.69. The summed E-state index contributed by atoms with van der Waals surface area (Å²) in [5.74, 6) is 0.836. The van der Waals surface area contributed by atoms with Gasteiger partial charge in [-0.05, 0) is 44.4 Å². The molecule has 1 rings (SSSR count). The fourth-order valence-corrected chi connectivity index (χ4v) is 1.61. The smallest absolute Gasteiger partial charge is 0.119 e. The summed E-state index contributed by atoms with van der Waals surface area (Å²) < 4.78 is 5.52. The molecule has 0 aliphatic heterocycles. The lowest BCUT2D eigenvalue weighted by Crippen LogP contribution is -2.21. The zero-order chi connectivity index (χ0) is 12.7. The van der Waals surface area contributed by atoms with Crippen molar-refractivity contribution in [3.05, 3.63) is 29.8 Å². The number of aliphatic hydroxyl groups is 2. The van der Waals surface area contributed by atoms with Gasteiger partial charge in [-0.25, -0.2) is 0 Å². The van der Waals surface area contributed by atoms with E-state index in [9.17, 15) is 5.11 Å². The number of hydrogen-bond donors (Lipinski definition) is 2. The van der Waals surface area contributed by atoms with Gasteiger partial charge in [-0.15, -0.1) is 0 Å². The minimum atomic E-state index is -0.677. The van der Waals surface area contributed by atoms with E-state index in [2.05, 4.69) is 0 Å². The molecule has 0 heterocycles. The highest BCUT2D eigenvalue weighted by Gasteiger charge is 2.12. The second-order valence-electron chi connectivity index (χ2n) is 4.91. The van der Waals surface area contributed by atoms with Crippen LogP contribution in [-0.2, 0) is 6.42 Å². The van der Waals surface area contributed by atoms with Gasteiger partial charge in [0.25, 0.3) is 0 Å². The standard InChI is InChI=1S/C14H22O3/c1-14(2,16)11-12-5-7-13(8-6-12)17-10-4-3-9-15/h5-8,15-16H,3-4,9-11H2,1-2H3. The minimum Gasteiger partial charge on any atom is -0.494 e. The van der Waals surface area contributed by atoms with Crippen molar-refractivity contribution < 1.29 is 14.9 Å². The molecule has 2 N–H and O–H groups in total. The van der Waals surface area contributed by atoms with Crippen LogP contribution in [0.2, 0.25) is 0 Å². The Balaban J connectivity index is 2.39. The van der Waals surface area contributed by atoms with Gasteiger partial charge in [0.2, 0.25) is 0 Å². The minimum absolute atomic E-state index is 0.216. The molecule has 17 heavy (non-hydrogen) atoms. The molecular formula is C14H22O3. The largest absolute Gasteiger partial charge is 0.494 e. The maximum Gasteiger partial charge on any atom is 0.119 e. The molecular weight excluding hydrogens is 216 g/mol. The molecule has 0 bridgehead atoms. The van der Waals surface area contributed by atoms with E-state index in [0.29, 0.717) is 13.0 Å². The second-order valence-corrected chi connectivity index (χ2v) is 4.91. The van der Waals surface area contributed by atoms with Crippen LogP contribution in [0.25, 0.3) is 0 Å².